The van der Waals surface area contributed by atoms with Crippen molar-refractivity contribution < 1.29 is 13.2 Å². The van der Waals surface area contributed by atoms with Gasteiger partial charge >= 0.3 is 0 Å². The van der Waals surface area contributed by atoms with Gasteiger partial charge in [-0.15, -0.1) is 11.8 Å². The Hall–Kier alpha value is -1.01. The van der Waals surface area contributed by atoms with Crippen molar-refractivity contribution in [1.29, 1.82) is 0 Å². The molecule has 4 nitrogen and oxygen atoms in total. The van der Waals surface area contributed by atoms with Gasteiger partial charge in [-0.3, -0.25) is 9.52 Å². The highest BCUT2D eigenvalue weighted by atomic mass is 32.2. The molecule has 2 rings (SSSR count). The van der Waals surface area contributed by atoms with Crippen LogP contribution in [-0.2, 0) is 14.8 Å². The third kappa shape index (κ3) is 3.55. The summed E-state index contributed by atoms with van der Waals surface area (Å²) < 4.78 is 26.1. The molecule has 1 heterocycles. The maximum Gasteiger partial charge on any atom is 0.241 e. The monoisotopic (exact) mass is 313 g/mol. The van der Waals surface area contributed by atoms with Gasteiger partial charge in [0.1, 0.15) is 0 Å². The number of sulfonamides is 1. The van der Waals surface area contributed by atoms with Gasteiger partial charge in [0.25, 0.3) is 0 Å². The highest BCUT2D eigenvalue weighted by molar-refractivity contribution is 7.99. The molecule has 0 radical (unpaired) electrons. The van der Waals surface area contributed by atoms with Crippen LogP contribution in [0.25, 0.3) is 0 Å². The number of amides is 1. The lowest BCUT2D eigenvalue weighted by atomic mass is 10.0. The molecule has 0 saturated heterocycles. The Balaban J connectivity index is 2.07. The van der Waals surface area contributed by atoms with Crippen LogP contribution in [0, 0.1) is 5.92 Å². The van der Waals surface area contributed by atoms with Crippen molar-refractivity contribution in [2.45, 2.75) is 31.1 Å². The molecular weight excluding hydrogens is 294 g/mol. The van der Waals surface area contributed by atoms with Crippen LogP contribution in [0.5, 0.6) is 0 Å². The first kappa shape index (κ1) is 15.4. The Morgan fingerprint density at radius 3 is 2.85 bits per heavy atom. The third-order valence-corrected chi connectivity index (χ3v) is 6.18. The van der Waals surface area contributed by atoms with E-state index in [2.05, 4.69) is 4.72 Å². The van der Waals surface area contributed by atoms with Gasteiger partial charge in [-0.1, -0.05) is 38.5 Å². The number of benzene rings is 1. The quantitative estimate of drug-likeness (QED) is 0.906. The topological polar surface area (TPSA) is 63.2 Å². The summed E-state index contributed by atoms with van der Waals surface area (Å²) >= 11 is 1.59. The van der Waals surface area contributed by atoms with Crippen molar-refractivity contribution in [2.75, 3.05) is 11.5 Å². The molecule has 0 unspecified atom stereocenters. The van der Waals surface area contributed by atoms with E-state index < -0.39 is 15.9 Å². The Morgan fingerprint density at radius 2 is 2.15 bits per heavy atom. The highest BCUT2D eigenvalue weighted by Crippen LogP contribution is 2.39. The SMILES string of the molecule is CC[C@H](C)CS(=O)(=O)NC(=O)[C@@H]1CSc2ccccc21. The van der Waals surface area contributed by atoms with Gasteiger partial charge in [0.05, 0.1) is 11.7 Å². The van der Waals surface area contributed by atoms with Crippen molar-refractivity contribution in [3.63, 3.8) is 0 Å². The minimum absolute atomic E-state index is 0.00322. The van der Waals surface area contributed by atoms with Crippen molar-refractivity contribution in [3.8, 4) is 0 Å². The van der Waals surface area contributed by atoms with Crippen molar-refractivity contribution in [3.05, 3.63) is 29.8 Å². The summed E-state index contributed by atoms with van der Waals surface area (Å²) in [5, 5.41) is 0. The normalized spacial score (nSPS) is 19.4. The number of thioether (sulfide) groups is 1. The Labute approximate surface area is 124 Å². The summed E-state index contributed by atoms with van der Waals surface area (Å²) in [6, 6.07) is 7.65. The zero-order valence-corrected chi connectivity index (χ0v) is 13.3. The van der Waals surface area contributed by atoms with E-state index in [9.17, 15) is 13.2 Å². The second kappa shape index (κ2) is 6.18. The van der Waals surface area contributed by atoms with E-state index in [1.54, 1.807) is 11.8 Å². The highest BCUT2D eigenvalue weighted by Gasteiger charge is 2.31. The molecule has 1 N–H and O–H groups in total. The molecule has 0 fully saturated rings. The van der Waals surface area contributed by atoms with Crippen LogP contribution in [0.15, 0.2) is 29.2 Å². The van der Waals surface area contributed by atoms with Crippen LogP contribution in [0.4, 0.5) is 0 Å². The molecule has 20 heavy (non-hydrogen) atoms. The summed E-state index contributed by atoms with van der Waals surface area (Å²) in [5.74, 6) is -0.139. The maximum absolute atomic E-state index is 12.2. The average Bonchev–Trinajstić information content (AvgIpc) is 2.81. The number of hydrogen-bond donors (Lipinski definition) is 1. The molecule has 0 aliphatic carbocycles. The van der Waals surface area contributed by atoms with Crippen LogP contribution >= 0.6 is 11.8 Å². The number of nitrogens with one attached hydrogen (secondary N) is 1. The predicted molar refractivity (Wildman–Crippen MR) is 81.3 cm³/mol. The standard InChI is InChI=1S/C14H19NO3S2/c1-3-10(2)9-20(17,18)15-14(16)12-8-19-13-7-5-4-6-11(12)13/h4-7,10,12H,3,8-9H2,1-2H3,(H,15,16)/t10-,12+/m0/s1. The lowest BCUT2D eigenvalue weighted by Crippen LogP contribution is -2.37. The first-order chi connectivity index (χ1) is 9.43. The van der Waals surface area contributed by atoms with Gasteiger partial charge < -0.3 is 0 Å². The number of carbonyl (C=O) groups is 1. The third-order valence-electron chi connectivity index (χ3n) is 3.47. The Morgan fingerprint density at radius 1 is 1.45 bits per heavy atom. The molecule has 0 saturated carbocycles. The van der Waals surface area contributed by atoms with Crippen LogP contribution in [0.2, 0.25) is 0 Å². The molecule has 2 atom stereocenters. The summed E-state index contributed by atoms with van der Waals surface area (Å²) in [5.41, 5.74) is 0.925. The van der Waals surface area contributed by atoms with Crippen LogP contribution < -0.4 is 4.72 Å². The van der Waals surface area contributed by atoms with Gasteiger partial charge in [0.2, 0.25) is 15.9 Å². The minimum atomic E-state index is -3.54. The van der Waals surface area contributed by atoms with E-state index in [-0.39, 0.29) is 17.6 Å². The second-order valence-electron chi connectivity index (χ2n) is 5.16. The molecule has 110 valence electrons. The van der Waals surface area contributed by atoms with Gasteiger partial charge in [-0.2, -0.15) is 0 Å². The fraction of sp³-hybridized carbons (Fsp3) is 0.500. The van der Waals surface area contributed by atoms with E-state index in [1.807, 2.05) is 38.1 Å². The molecule has 1 amide bonds. The van der Waals surface area contributed by atoms with Gasteiger partial charge in [0.15, 0.2) is 0 Å². The summed E-state index contributed by atoms with van der Waals surface area (Å²) in [6.07, 6.45) is 0.775. The number of rotatable bonds is 5. The van der Waals surface area contributed by atoms with Crippen molar-refractivity contribution in [2.24, 2.45) is 5.92 Å². The number of hydrogen-bond acceptors (Lipinski definition) is 4. The lowest BCUT2D eigenvalue weighted by molar-refractivity contribution is -0.120. The van der Waals surface area contributed by atoms with Crippen LogP contribution in [0.3, 0.4) is 0 Å². The number of fused-ring (bicyclic) bond motifs is 1. The lowest BCUT2D eigenvalue weighted by Gasteiger charge is -2.14. The zero-order chi connectivity index (χ0) is 14.8. The molecular formula is C14H19NO3S2. The van der Waals surface area contributed by atoms with E-state index in [0.717, 1.165) is 16.9 Å². The van der Waals surface area contributed by atoms with Gasteiger partial charge in [-0.05, 0) is 17.5 Å². The fourth-order valence-corrected chi connectivity index (χ4v) is 4.88. The zero-order valence-electron chi connectivity index (χ0n) is 11.6. The van der Waals surface area contributed by atoms with Crippen molar-refractivity contribution in [1.82, 2.24) is 4.72 Å². The van der Waals surface area contributed by atoms with Gasteiger partial charge in [-0.25, -0.2) is 8.42 Å². The summed E-state index contributed by atoms with van der Waals surface area (Å²) in [7, 11) is -3.54. The van der Waals surface area contributed by atoms with E-state index in [1.165, 1.54) is 0 Å². The molecule has 0 spiro atoms. The smallest absolute Gasteiger partial charge is 0.241 e. The first-order valence-electron chi connectivity index (χ1n) is 6.69. The van der Waals surface area contributed by atoms with E-state index in [4.69, 9.17) is 0 Å². The molecule has 0 bridgehead atoms. The molecule has 1 aromatic carbocycles. The molecule has 6 heteroatoms. The van der Waals surface area contributed by atoms with Crippen molar-refractivity contribution >= 4 is 27.7 Å². The Kier molecular flexibility index (Phi) is 4.75. The first-order valence-corrected chi connectivity index (χ1v) is 9.32. The fourth-order valence-electron chi connectivity index (χ4n) is 2.14. The molecule has 1 aliphatic heterocycles. The van der Waals surface area contributed by atoms with Crippen LogP contribution in [-0.4, -0.2) is 25.8 Å². The maximum atomic E-state index is 12.2. The summed E-state index contributed by atoms with van der Waals surface area (Å²) in [4.78, 5) is 13.3. The van der Waals surface area contributed by atoms with Gasteiger partial charge in [0, 0.05) is 10.6 Å². The molecule has 0 aromatic heterocycles. The van der Waals surface area contributed by atoms with Crippen LogP contribution in [0.1, 0.15) is 31.7 Å². The van der Waals surface area contributed by atoms with E-state index >= 15 is 0 Å². The van der Waals surface area contributed by atoms with E-state index in [0.29, 0.717) is 5.75 Å². The second-order valence-corrected chi connectivity index (χ2v) is 7.99. The molecule has 1 aromatic rings. The summed E-state index contributed by atoms with van der Waals surface area (Å²) in [6.45, 7) is 3.80. The largest absolute Gasteiger partial charge is 0.273 e. The average molecular weight is 313 g/mol. The number of carbonyl (C=O) groups excluding carboxylic acids is 1. The minimum Gasteiger partial charge on any atom is -0.273 e. The molecule has 1 aliphatic rings. The Bertz CT molecular complexity index is 598. The predicted octanol–water partition coefficient (Wildman–Crippen LogP) is 2.37.